The first kappa shape index (κ1) is 16.8. The molecule has 0 spiro atoms. The molecule has 1 aromatic carbocycles. The zero-order valence-electron chi connectivity index (χ0n) is 13.5. The molecule has 0 fully saturated rings. The highest BCUT2D eigenvalue weighted by atomic mass is 28.3. The van der Waals surface area contributed by atoms with Gasteiger partial charge in [-0.05, 0) is 0 Å². The molecule has 0 amide bonds. The molecule has 0 aliphatic rings. The van der Waals surface area contributed by atoms with Crippen molar-refractivity contribution in [1.82, 2.24) is 0 Å². The zero-order chi connectivity index (χ0) is 15.2. The summed E-state index contributed by atoms with van der Waals surface area (Å²) >= 11 is 0. The summed E-state index contributed by atoms with van der Waals surface area (Å²) in [5.74, 6) is 0. The van der Waals surface area contributed by atoms with E-state index in [0.29, 0.717) is 0 Å². The van der Waals surface area contributed by atoms with Gasteiger partial charge in [-0.15, -0.1) is 11.4 Å². The highest BCUT2D eigenvalue weighted by Gasteiger charge is 2.05. The van der Waals surface area contributed by atoms with Gasteiger partial charge in [0.05, 0.1) is 16.1 Å². The normalized spacial score (nSPS) is 13.1. The van der Waals surface area contributed by atoms with E-state index in [0.717, 1.165) is 11.4 Å². The Labute approximate surface area is 126 Å². The fraction of sp³-hybridized carbons (Fsp3) is 0.375. The molecule has 0 aliphatic heterocycles. The fourth-order valence-corrected chi connectivity index (χ4v) is 2.41. The molecule has 110 valence electrons. The molecule has 0 heterocycles. The lowest BCUT2D eigenvalue weighted by molar-refractivity contribution is 1.62. The second kappa shape index (κ2) is 6.95. The van der Waals surface area contributed by atoms with Gasteiger partial charge in [-0.25, -0.2) is 0 Å². The molecule has 1 aromatic rings. The van der Waals surface area contributed by atoms with Gasteiger partial charge < -0.3 is 10.6 Å². The molecule has 20 heavy (non-hydrogen) atoms. The molecule has 0 atom stereocenters. The van der Waals surface area contributed by atoms with E-state index in [1.807, 2.05) is 36.7 Å². The Balaban J connectivity index is 2.74. The number of hydrogen-bond acceptors (Lipinski definition) is 0. The van der Waals surface area contributed by atoms with Gasteiger partial charge in [0.15, 0.2) is 0 Å². The topological polar surface area (TPSA) is 28.2 Å². The molecule has 0 aromatic heterocycles. The van der Waals surface area contributed by atoms with E-state index in [4.69, 9.17) is 0 Å². The molecule has 0 N–H and O–H groups in total. The minimum Gasteiger partial charge on any atom is -0.666 e. The van der Waals surface area contributed by atoms with Crippen LogP contribution >= 0.6 is 0 Å². The fourth-order valence-electron chi connectivity index (χ4n) is 1.36. The van der Waals surface area contributed by atoms with Gasteiger partial charge in [-0.1, -0.05) is 63.5 Å². The van der Waals surface area contributed by atoms with Crippen molar-refractivity contribution in [2.24, 2.45) is 0 Å². The van der Waals surface area contributed by atoms with Gasteiger partial charge in [0.2, 0.25) is 0 Å². The van der Waals surface area contributed by atoms with Crippen LogP contribution in [0.1, 0.15) is 0 Å². The Morgan fingerprint density at radius 2 is 1.05 bits per heavy atom. The largest absolute Gasteiger partial charge is 0.666 e. The molecule has 0 unspecified atom stereocenters. The van der Waals surface area contributed by atoms with Crippen LogP contribution in [0.2, 0.25) is 39.3 Å². The lowest BCUT2D eigenvalue weighted by atomic mass is 10.2. The Kier molecular flexibility index (Phi) is 5.83. The van der Waals surface area contributed by atoms with Crippen LogP contribution in [0.3, 0.4) is 0 Å². The predicted molar refractivity (Wildman–Crippen MR) is 97.5 cm³/mol. The van der Waals surface area contributed by atoms with Crippen molar-refractivity contribution in [2.45, 2.75) is 39.3 Å². The first-order chi connectivity index (χ1) is 9.17. The minimum absolute atomic E-state index is 0.933. The number of hydrogen-bond donors (Lipinski definition) is 0. The highest BCUT2D eigenvalue weighted by Crippen LogP contribution is 2.35. The number of benzene rings is 1. The lowest BCUT2D eigenvalue weighted by Crippen LogP contribution is -2.15. The van der Waals surface area contributed by atoms with Crippen molar-refractivity contribution >= 4 is 27.5 Å². The summed E-state index contributed by atoms with van der Waals surface area (Å²) in [5.41, 5.74) is 6.34. The molecule has 2 nitrogen and oxygen atoms in total. The second-order valence-electron chi connectivity index (χ2n) is 7.11. The van der Waals surface area contributed by atoms with Gasteiger partial charge in [0, 0.05) is 0 Å². The Hall–Kier alpha value is -1.27. The summed E-state index contributed by atoms with van der Waals surface area (Å²) < 4.78 is 0. The average molecular weight is 303 g/mol. The van der Waals surface area contributed by atoms with E-state index >= 15 is 0 Å². The Morgan fingerprint density at radius 3 is 1.35 bits per heavy atom. The van der Waals surface area contributed by atoms with Gasteiger partial charge in [0.1, 0.15) is 0 Å². The minimum atomic E-state index is -1.19. The Bertz CT molecular complexity index is 435. The third-order valence-corrected chi connectivity index (χ3v) is 4.76. The Morgan fingerprint density at radius 1 is 0.700 bits per heavy atom. The molecule has 0 saturated carbocycles. The maximum atomic E-state index is 4.54. The molecular formula is C16H26N2Si2-2. The molecule has 1 rings (SSSR count). The predicted octanol–water partition coefficient (Wildman–Crippen LogP) is 6.48. The van der Waals surface area contributed by atoms with Crippen molar-refractivity contribution < 1.29 is 0 Å². The number of para-hydroxylation sites is 2. The third kappa shape index (κ3) is 7.35. The number of rotatable bonds is 6. The number of nitrogens with zero attached hydrogens (tertiary/aromatic N) is 2. The van der Waals surface area contributed by atoms with Gasteiger partial charge in [-0.2, -0.15) is 23.8 Å². The maximum Gasteiger partial charge on any atom is 0.0664 e. The average Bonchev–Trinajstić information content (AvgIpc) is 2.28. The van der Waals surface area contributed by atoms with Gasteiger partial charge in [-0.3, -0.25) is 0 Å². The summed E-state index contributed by atoms with van der Waals surface area (Å²) in [6.07, 6.45) is 3.87. The molecule has 0 radical (unpaired) electrons. The quantitative estimate of drug-likeness (QED) is 0.538. The van der Waals surface area contributed by atoms with Crippen LogP contribution in [0.5, 0.6) is 0 Å². The summed E-state index contributed by atoms with van der Waals surface area (Å²) in [6, 6.07) is 8.02. The monoisotopic (exact) mass is 302 g/mol. The van der Waals surface area contributed by atoms with Gasteiger partial charge >= 0.3 is 0 Å². The SMILES string of the molecule is C[Si](C)(C)/C=C/[N-]c1ccccc1[N-]/C=C/[Si](C)(C)C. The van der Waals surface area contributed by atoms with Crippen LogP contribution in [0, 0.1) is 0 Å². The van der Waals surface area contributed by atoms with Crippen LogP contribution in [-0.4, -0.2) is 16.1 Å². The smallest absolute Gasteiger partial charge is 0.0664 e. The van der Waals surface area contributed by atoms with Crippen LogP contribution < -0.4 is 0 Å². The van der Waals surface area contributed by atoms with Crippen LogP contribution in [0.4, 0.5) is 11.4 Å². The van der Waals surface area contributed by atoms with E-state index < -0.39 is 16.1 Å². The zero-order valence-corrected chi connectivity index (χ0v) is 15.5. The molecular weight excluding hydrogens is 276 g/mol. The van der Waals surface area contributed by atoms with Crippen molar-refractivity contribution in [3.8, 4) is 0 Å². The summed E-state index contributed by atoms with van der Waals surface area (Å²) in [7, 11) is -2.38. The first-order valence-corrected chi connectivity index (χ1v) is 14.2. The van der Waals surface area contributed by atoms with E-state index in [9.17, 15) is 0 Å². The molecule has 0 aliphatic carbocycles. The first-order valence-electron chi connectivity index (χ1n) is 7.03. The second-order valence-corrected chi connectivity index (χ2v) is 17.2. The molecule has 4 heteroatoms. The third-order valence-electron chi connectivity index (χ3n) is 2.46. The maximum absolute atomic E-state index is 4.54. The lowest BCUT2D eigenvalue weighted by Gasteiger charge is -2.30. The standard InChI is InChI=1S/C16H26N2Si2/c1-19(2,3)13-11-17-15-9-7-8-10-16(15)18-12-14-20(4,5)6/h7-14H,1-6H3/q-2/b13-11+,14-12+. The van der Waals surface area contributed by atoms with E-state index in [1.165, 1.54) is 0 Å². The van der Waals surface area contributed by atoms with Crippen LogP contribution in [0.25, 0.3) is 10.6 Å². The molecule has 0 bridgehead atoms. The van der Waals surface area contributed by atoms with E-state index in [-0.39, 0.29) is 0 Å². The van der Waals surface area contributed by atoms with Crippen molar-refractivity contribution in [1.29, 1.82) is 0 Å². The molecule has 0 saturated heterocycles. The van der Waals surface area contributed by atoms with Crippen molar-refractivity contribution in [3.63, 3.8) is 0 Å². The van der Waals surface area contributed by atoms with E-state index in [1.54, 1.807) is 0 Å². The van der Waals surface area contributed by atoms with Crippen molar-refractivity contribution in [2.75, 3.05) is 0 Å². The summed E-state index contributed by atoms with van der Waals surface area (Å²) in [4.78, 5) is 0. The highest BCUT2D eigenvalue weighted by molar-refractivity contribution is 6.81. The van der Waals surface area contributed by atoms with Gasteiger partial charge in [0.25, 0.3) is 0 Å². The van der Waals surface area contributed by atoms with Crippen LogP contribution in [-0.2, 0) is 0 Å². The van der Waals surface area contributed by atoms with E-state index in [2.05, 4.69) is 61.3 Å². The summed E-state index contributed by atoms with van der Waals surface area (Å²) in [6.45, 7) is 13.8. The summed E-state index contributed by atoms with van der Waals surface area (Å²) in [5, 5.41) is 9.09. The van der Waals surface area contributed by atoms with Crippen LogP contribution in [0.15, 0.2) is 48.1 Å². The van der Waals surface area contributed by atoms with Crippen molar-refractivity contribution in [3.05, 3.63) is 58.7 Å².